The maximum atomic E-state index is 13.2. The van der Waals surface area contributed by atoms with Crippen molar-refractivity contribution in [1.29, 1.82) is 0 Å². The van der Waals surface area contributed by atoms with Gasteiger partial charge in [-0.1, -0.05) is 24.9 Å². The molecule has 0 spiro atoms. The molecule has 1 aliphatic heterocycles. The number of rotatable bonds is 6. The van der Waals surface area contributed by atoms with Crippen LogP contribution in [-0.2, 0) is 9.59 Å². The summed E-state index contributed by atoms with van der Waals surface area (Å²) >= 11 is 6.41. The van der Waals surface area contributed by atoms with Gasteiger partial charge in [0.05, 0.1) is 6.61 Å². The number of ether oxygens (including phenoxy) is 1. The summed E-state index contributed by atoms with van der Waals surface area (Å²) in [4.78, 5) is 28.7. The first-order valence-electron chi connectivity index (χ1n) is 11.3. The van der Waals surface area contributed by atoms with Crippen molar-refractivity contribution in [2.24, 2.45) is 0 Å². The topological polar surface area (TPSA) is 46.6 Å². The molecule has 1 aromatic carbocycles. The van der Waals surface area contributed by atoms with Crippen molar-refractivity contribution in [1.82, 2.24) is 4.90 Å². The molecular formula is C25H30ClNO3. The van der Waals surface area contributed by atoms with E-state index in [1.807, 2.05) is 18.2 Å². The minimum atomic E-state index is -0.367. The molecule has 0 aromatic heterocycles. The lowest BCUT2D eigenvalue weighted by Crippen LogP contribution is -2.39. The van der Waals surface area contributed by atoms with Crippen LogP contribution in [0.2, 0.25) is 5.02 Å². The molecule has 0 saturated heterocycles. The average molecular weight is 428 g/mol. The van der Waals surface area contributed by atoms with Crippen LogP contribution in [0.5, 0.6) is 5.75 Å². The molecule has 0 fully saturated rings. The van der Waals surface area contributed by atoms with E-state index in [9.17, 15) is 9.59 Å². The van der Waals surface area contributed by atoms with Crippen molar-refractivity contribution in [3.63, 3.8) is 0 Å². The summed E-state index contributed by atoms with van der Waals surface area (Å²) in [6.45, 7) is 5.62. The minimum Gasteiger partial charge on any atom is -0.493 e. The third-order valence-electron chi connectivity index (χ3n) is 6.44. The van der Waals surface area contributed by atoms with Crippen LogP contribution in [0.1, 0.15) is 76.7 Å². The molecule has 0 radical (unpaired) electrons. The van der Waals surface area contributed by atoms with Gasteiger partial charge in [-0.15, -0.1) is 0 Å². The molecule has 0 unspecified atom stereocenters. The molecule has 0 N–H and O–H groups in total. The van der Waals surface area contributed by atoms with Gasteiger partial charge in [-0.25, -0.2) is 0 Å². The van der Waals surface area contributed by atoms with Crippen molar-refractivity contribution >= 4 is 23.2 Å². The van der Waals surface area contributed by atoms with Crippen molar-refractivity contribution in [2.45, 2.75) is 71.1 Å². The average Bonchev–Trinajstić information content (AvgIpc) is 2.74. The van der Waals surface area contributed by atoms with Crippen LogP contribution in [0.4, 0.5) is 0 Å². The lowest BCUT2D eigenvalue weighted by Gasteiger charge is -2.43. The first-order chi connectivity index (χ1) is 14.6. The number of carbonyl (C=O) groups excluding carboxylic acids is 2. The molecule has 160 valence electrons. The van der Waals surface area contributed by atoms with Gasteiger partial charge in [0.15, 0.2) is 11.6 Å². The van der Waals surface area contributed by atoms with Gasteiger partial charge >= 0.3 is 0 Å². The van der Waals surface area contributed by atoms with E-state index in [2.05, 4.69) is 18.7 Å². The van der Waals surface area contributed by atoms with E-state index in [1.54, 1.807) is 0 Å². The summed E-state index contributed by atoms with van der Waals surface area (Å²) in [5, 5.41) is 0.599. The molecule has 0 saturated carbocycles. The summed E-state index contributed by atoms with van der Waals surface area (Å²) in [6, 6.07) is 5.61. The summed E-state index contributed by atoms with van der Waals surface area (Å²) in [5.41, 5.74) is 4.65. The Morgan fingerprint density at radius 2 is 1.63 bits per heavy atom. The fourth-order valence-corrected chi connectivity index (χ4v) is 5.29. The zero-order valence-electron chi connectivity index (χ0n) is 17.9. The van der Waals surface area contributed by atoms with E-state index in [1.165, 1.54) is 0 Å². The number of hydrogen-bond donors (Lipinski definition) is 0. The number of halogens is 1. The van der Waals surface area contributed by atoms with Gasteiger partial charge in [-0.05, 0) is 57.2 Å². The fourth-order valence-electron chi connectivity index (χ4n) is 5.11. The molecular weight excluding hydrogens is 398 g/mol. The molecule has 1 aromatic rings. The van der Waals surface area contributed by atoms with Crippen molar-refractivity contribution < 1.29 is 14.3 Å². The number of Topliss-reactive ketones (excluding diaryl/α,β-unsaturated/α-hetero) is 2. The molecule has 2 aliphatic carbocycles. The van der Waals surface area contributed by atoms with E-state index in [0.717, 1.165) is 78.9 Å². The largest absolute Gasteiger partial charge is 0.493 e. The van der Waals surface area contributed by atoms with Crippen LogP contribution in [0.3, 0.4) is 0 Å². The standard InChI is InChI=1S/C25H30ClNO3/c1-3-5-14-30-22-13-12-16(26)15-17(22)23-24-18(8-6-10-20(24)28)27(4-2)19-9-7-11-21(29)25(19)23/h12-13,15,23H,3-11,14H2,1-2H3. The second-order valence-corrected chi connectivity index (χ2v) is 8.77. The Hall–Kier alpha value is -2.07. The van der Waals surface area contributed by atoms with E-state index in [0.29, 0.717) is 24.5 Å². The normalized spacial score (nSPS) is 19.9. The Morgan fingerprint density at radius 1 is 1.00 bits per heavy atom. The first kappa shape index (κ1) is 21.2. The van der Waals surface area contributed by atoms with Crippen molar-refractivity contribution in [3.05, 3.63) is 51.3 Å². The molecule has 0 bridgehead atoms. The zero-order chi connectivity index (χ0) is 21.3. The zero-order valence-corrected chi connectivity index (χ0v) is 18.7. The fraction of sp³-hybridized carbons (Fsp3) is 0.520. The molecule has 4 rings (SSSR count). The number of benzene rings is 1. The molecule has 3 aliphatic rings. The lowest BCUT2D eigenvalue weighted by atomic mass is 9.70. The number of unbranched alkanes of at least 4 members (excludes halogenated alkanes) is 1. The third kappa shape index (κ3) is 3.71. The van der Waals surface area contributed by atoms with Gasteiger partial charge in [-0.3, -0.25) is 9.59 Å². The highest BCUT2D eigenvalue weighted by Crippen LogP contribution is 2.51. The van der Waals surface area contributed by atoms with Crippen molar-refractivity contribution in [2.75, 3.05) is 13.2 Å². The number of nitrogens with zero attached hydrogens (tertiary/aromatic N) is 1. The summed E-state index contributed by atoms with van der Waals surface area (Å²) in [7, 11) is 0. The predicted molar refractivity (Wildman–Crippen MR) is 119 cm³/mol. The van der Waals surface area contributed by atoms with Gasteiger partial charge in [0.25, 0.3) is 0 Å². The molecule has 0 amide bonds. The van der Waals surface area contributed by atoms with Crippen LogP contribution < -0.4 is 4.74 Å². The van der Waals surface area contributed by atoms with Gasteiger partial charge in [0.2, 0.25) is 0 Å². The Morgan fingerprint density at radius 3 is 2.20 bits per heavy atom. The van der Waals surface area contributed by atoms with Gasteiger partial charge < -0.3 is 9.64 Å². The highest BCUT2D eigenvalue weighted by Gasteiger charge is 2.43. The summed E-state index contributed by atoms with van der Waals surface area (Å²) < 4.78 is 6.13. The van der Waals surface area contributed by atoms with Gasteiger partial charge in [-0.2, -0.15) is 0 Å². The van der Waals surface area contributed by atoms with Crippen molar-refractivity contribution in [3.8, 4) is 5.75 Å². The number of carbonyl (C=O) groups is 2. The molecule has 0 atom stereocenters. The second kappa shape index (κ2) is 8.97. The summed E-state index contributed by atoms with van der Waals surface area (Å²) in [5.74, 6) is 0.681. The Labute approximate surface area is 183 Å². The highest BCUT2D eigenvalue weighted by atomic mass is 35.5. The Bertz CT molecular complexity index is 886. The molecule has 30 heavy (non-hydrogen) atoms. The Balaban J connectivity index is 1.92. The number of allylic oxidation sites excluding steroid dienone is 4. The number of ketones is 2. The Kier molecular flexibility index (Phi) is 6.33. The second-order valence-electron chi connectivity index (χ2n) is 8.34. The quantitative estimate of drug-likeness (QED) is 0.526. The molecule has 5 heteroatoms. The smallest absolute Gasteiger partial charge is 0.161 e. The van der Waals surface area contributed by atoms with Crippen LogP contribution in [0, 0.1) is 0 Å². The van der Waals surface area contributed by atoms with Crippen LogP contribution in [-0.4, -0.2) is 29.6 Å². The van der Waals surface area contributed by atoms with Crippen LogP contribution in [0.15, 0.2) is 40.7 Å². The van der Waals surface area contributed by atoms with Crippen LogP contribution in [0.25, 0.3) is 0 Å². The van der Waals surface area contributed by atoms with E-state index in [-0.39, 0.29) is 17.5 Å². The predicted octanol–water partition coefficient (Wildman–Crippen LogP) is 5.95. The number of hydrogen-bond acceptors (Lipinski definition) is 4. The SMILES string of the molecule is CCCCOc1ccc(Cl)cc1C1C2=C(CCCC2=O)N(CC)C2=C1C(=O)CCC2. The van der Waals surface area contributed by atoms with E-state index in [4.69, 9.17) is 16.3 Å². The monoisotopic (exact) mass is 427 g/mol. The van der Waals surface area contributed by atoms with E-state index < -0.39 is 0 Å². The molecule has 4 nitrogen and oxygen atoms in total. The van der Waals surface area contributed by atoms with E-state index >= 15 is 0 Å². The maximum absolute atomic E-state index is 13.2. The minimum absolute atomic E-state index is 0.157. The highest BCUT2D eigenvalue weighted by molar-refractivity contribution is 6.30. The maximum Gasteiger partial charge on any atom is 0.161 e. The lowest BCUT2D eigenvalue weighted by molar-refractivity contribution is -0.117. The summed E-state index contributed by atoms with van der Waals surface area (Å²) in [6.07, 6.45) is 6.56. The van der Waals surface area contributed by atoms with Crippen LogP contribution >= 0.6 is 11.6 Å². The van der Waals surface area contributed by atoms with Gasteiger partial charge in [0.1, 0.15) is 5.75 Å². The molecule has 1 heterocycles. The first-order valence-corrected chi connectivity index (χ1v) is 11.7. The van der Waals surface area contributed by atoms with Gasteiger partial charge in [0, 0.05) is 58.4 Å². The third-order valence-corrected chi connectivity index (χ3v) is 6.68.